The highest BCUT2D eigenvalue weighted by atomic mass is 28.3. The van der Waals surface area contributed by atoms with Crippen LogP contribution in [0.2, 0.25) is 36.3 Å². The van der Waals surface area contributed by atoms with Crippen LogP contribution in [0.1, 0.15) is 48.0 Å². The summed E-state index contributed by atoms with van der Waals surface area (Å²) in [5, 5.41) is 0. The first kappa shape index (κ1) is 19.4. The van der Waals surface area contributed by atoms with Crippen LogP contribution in [-0.2, 0) is 0 Å². The molecule has 0 unspecified atom stereocenters. The summed E-state index contributed by atoms with van der Waals surface area (Å²) in [4.78, 5) is 7.87. The molecular formula is C15H38N2Si2. The van der Waals surface area contributed by atoms with E-state index in [1.807, 2.05) is 0 Å². The van der Waals surface area contributed by atoms with E-state index in [4.69, 9.17) is 0 Å². The number of nitrogens with one attached hydrogen (secondary N) is 2. The van der Waals surface area contributed by atoms with Gasteiger partial charge in [0.2, 0.25) is 0 Å². The molecule has 0 aliphatic rings. The Morgan fingerprint density at radius 2 is 0.789 bits per heavy atom. The van der Waals surface area contributed by atoms with Crippen molar-refractivity contribution in [3.63, 3.8) is 0 Å². The van der Waals surface area contributed by atoms with E-state index in [0.717, 1.165) is 0 Å². The molecule has 2 nitrogen and oxygen atoms in total. The molecule has 0 aromatic heterocycles. The summed E-state index contributed by atoms with van der Waals surface area (Å²) < 4.78 is 0. The van der Waals surface area contributed by atoms with E-state index in [0.29, 0.717) is 0 Å². The molecule has 0 fully saturated rings. The molecule has 0 bridgehead atoms. The molecule has 0 heterocycles. The van der Waals surface area contributed by atoms with E-state index in [2.05, 4.69) is 51.5 Å². The van der Waals surface area contributed by atoms with Crippen molar-refractivity contribution in [2.24, 2.45) is 0 Å². The van der Waals surface area contributed by atoms with E-state index in [1.165, 1.54) is 55.8 Å². The summed E-state index contributed by atoms with van der Waals surface area (Å²) in [5.41, 5.74) is 0. The van der Waals surface area contributed by atoms with E-state index < -0.39 is 16.5 Å². The van der Waals surface area contributed by atoms with Crippen LogP contribution in [-0.4, -0.2) is 29.6 Å². The first-order valence-electron chi connectivity index (χ1n) is 8.57. The highest BCUT2D eigenvalue weighted by Gasteiger charge is 2.27. The molecule has 4 heteroatoms. The van der Waals surface area contributed by atoms with Crippen LogP contribution in [0.3, 0.4) is 0 Å². The number of hydrogen-bond acceptors (Lipinski definition) is 2. The van der Waals surface area contributed by atoms with Crippen LogP contribution in [0, 0.1) is 0 Å². The van der Waals surface area contributed by atoms with Crippen molar-refractivity contribution in [2.45, 2.75) is 84.2 Å². The largest absolute Gasteiger partial charge is 0.337 e. The predicted molar refractivity (Wildman–Crippen MR) is 95.0 cm³/mol. The van der Waals surface area contributed by atoms with Crippen molar-refractivity contribution < 1.29 is 0 Å². The molecule has 0 spiro atoms. The zero-order valence-electron chi connectivity index (χ0n) is 14.4. The molecule has 0 aliphatic heterocycles. The maximum atomic E-state index is 3.94. The zero-order valence-corrected chi connectivity index (χ0v) is 16.4. The minimum absolute atomic E-state index is 1.10. The Hall–Kier alpha value is 0.354. The third-order valence-corrected chi connectivity index (χ3v) is 15.5. The van der Waals surface area contributed by atoms with Crippen LogP contribution in [0.15, 0.2) is 0 Å². The molecule has 0 aliphatic carbocycles. The summed E-state index contributed by atoms with van der Waals surface area (Å²) in [7, 11) is -2.21. The highest BCUT2D eigenvalue weighted by Crippen LogP contribution is 2.17. The lowest BCUT2D eigenvalue weighted by Gasteiger charge is -2.31. The van der Waals surface area contributed by atoms with Gasteiger partial charge in [-0.15, -0.1) is 0 Å². The average molecular weight is 303 g/mol. The molecule has 0 amide bonds. The summed E-state index contributed by atoms with van der Waals surface area (Å²) in [6.45, 7) is 16.6. The van der Waals surface area contributed by atoms with Crippen molar-refractivity contribution in [3.05, 3.63) is 0 Å². The maximum absolute atomic E-state index is 3.94. The standard InChI is InChI=1S/C15H38N2Si2/c1-7-18(8-2,9-3)16-14-13-15-17-19(10-4,11-5)12-6/h16-17H,7-15H2,1-6H3. The van der Waals surface area contributed by atoms with Crippen LogP contribution in [0.25, 0.3) is 0 Å². The Labute approximate surface area is 124 Å². The fourth-order valence-electron chi connectivity index (χ4n) is 3.05. The third kappa shape index (κ3) is 6.11. The molecular weight excluding hydrogens is 264 g/mol. The SMILES string of the molecule is CC[Si](CC)(CC)NCCCN[Si](CC)(CC)CC. The predicted octanol–water partition coefficient (Wildman–Crippen LogP) is 4.57. The highest BCUT2D eigenvalue weighted by molar-refractivity contribution is 6.77. The van der Waals surface area contributed by atoms with E-state index in [9.17, 15) is 0 Å². The second-order valence-corrected chi connectivity index (χ2v) is 16.0. The summed E-state index contributed by atoms with van der Waals surface area (Å²) in [6, 6.07) is 8.28. The van der Waals surface area contributed by atoms with Gasteiger partial charge in [-0.05, 0) is 55.8 Å². The lowest BCUT2D eigenvalue weighted by atomic mass is 10.4. The number of hydrogen-bond donors (Lipinski definition) is 2. The molecule has 0 saturated heterocycles. The van der Waals surface area contributed by atoms with Crippen LogP contribution >= 0.6 is 0 Å². The van der Waals surface area contributed by atoms with Crippen molar-refractivity contribution in [1.82, 2.24) is 9.96 Å². The fraction of sp³-hybridized carbons (Fsp3) is 1.00. The van der Waals surface area contributed by atoms with Gasteiger partial charge in [-0.1, -0.05) is 41.5 Å². The Kier molecular flexibility index (Phi) is 10.3. The first-order chi connectivity index (χ1) is 9.07. The Morgan fingerprint density at radius 1 is 0.526 bits per heavy atom. The van der Waals surface area contributed by atoms with E-state index in [-0.39, 0.29) is 0 Å². The summed E-state index contributed by atoms with van der Waals surface area (Å²) in [5.74, 6) is 0. The van der Waals surface area contributed by atoms with Gasteiger partial charge in [-0.2, -0.15) is 0 Å². The monoisotopic (exact) mass is 302 g/mol. The lowest BCUT2D eigenvalue weighted by Crippen LogP contribution is -2.51. The van der Waals surface area contributed by atoms with Crippen molar-refractivity contribution in [1.29, 1.82) is 0 Å². The molecule has 2 N–H and O–H groups in total. The lowest BCUT2D eigenvalue weighted by molar-refractivity contribution is 0.725. The number of rotatable bonds is 12. The molecule has 0 radical (unpaired) electrons. The average Bonchev–Trinajstić information content (AvgIpc) is 2.48. The van der Waals surface area contributed by atoms with Gasteiger partial charge in [0.15, 0.2) is 0 Å². The molecule has 0 aromatic carbocycles. The van der Waals surface area contributed by atoms with E-state index >= 15 is 0 Å². The molecule has 19 heavy (non-hydrogen) atoms. The van der Waals surface area contributed by atoms with Gasteiger partial charge in [0, 0.05) is 0 Å². The minimum atomic E-state index is -1.10. The Morgan fingerprint density at radius 3 is 1.00 bits per heavy atom. The summed E-state index contributed by atoms with van der Waals surface area (Å²) in [6.07, 6.45) is 1.30. The quantitative estimate of drug-likeness (QED) is 0.408. The first-order valence-corrected chi connectivity index (χ1v) is 13.8. The second kappa shape index (κ2) is 10.1. The van der Waals surface area contributed by atoms with Gasteiger partial charge in [-0.25, -0.2) is 0 Å². The van der Waals surface area contributed by atoms with Crippen molar-refractivity contribution in [2.75, 3.05) is 13.1 Å². The second-order valence-electron chi connectivity index (χ2n) is 5.89. The molecule has 0 rings (SSSR count). The van der Waals surface area contributed by atoms with Gasteiger partial charge < -0.3 is 9.96 Å². The van der Waals surface area contributed by atoms with Crippen molar-refractivity contribution in [3.8, 4) is 0 Å². The van der Waals surface area contributed by atoms with Gasteiger partial charge in [0.05, 0.1) is 0 Å². The van der Waals surface area contributed by atoms with E-state index in [1.54, 1.807) is 0 Å². The van der Waals surface area contributed by atoms with Crippen LogP contribution < -0.4 is 9.96 Å². The molecule has 116 valence electrons. The van der Waals surface area contributed by atoms with Gasteiger partial charge in [0.25, 0.3) is 0 Å². The smallest absolute Gasteiger partial charge is 0.124 e. The maximum Gasteiger partial charge on any atom is 0.124 e. The fourth-order valence-corrected chi connectivity index (χ4v) is 8.96. The normalized spacial score (nSPS) is 12.9. The zero-order chi connectivity index (χ0) is 14.8. The third-order valence-electron chi connectivity index (χ3n) is 5.41. The van der Waals surface area contributed by atoms with Gasteiger partial charge >= 0.3 is 0 Å². The molecule has 0 saturated carbocycles. The van der Waals surface area contributed by atoms with Gasteiger partial charge in [0.1, 0.15) is 16.5 Å². The van der Waals surface area contributed by atoms with Crippen LogP contribution in [0.4, 0.5) is 0 Å². The van der Waals surface area contributed by atoms with Crippen molar-refractivity contribution >= 4 is 16.5 Å². The topological polar surface area (TPSA) is 24.1 Å². The molecule has 0 atom stereocenters. The Bertz CT molecular complexity index is 176. The summed E-state index contributed by atoms with van der Waals surface area (Å²) >= 11 is 0. The van der Waals surface area contributed by atoms with Gasteiger partial charge in [-0.3, -0.25) is 0 Å². The molecule has 0 aromatic rings. The Balaban J connectivity index is 3.98. The minimum Gasteiger partial charge on any atom is -0.337 e. The van der Waals surface area contributed by atoms with Crippen LogP contribution in [0.5, 0.6) is 0 Å².